The van der Waals surface area contributed by atoms with E-state index < -0.39 is 10.0 Å². The first-order valence-corrected chi connectivity index (χ1v) is 12.8. The summed E-state index contributed by atoms with van der Waals surface area (Å²) in [6, 6.07) is 14.0. The van der Waals surface area contributed by atoms with E-state index in [4.69, 9.17) is 4.98 Å². The minimum Gasteiger partial charge on any atom is -0.322 e. The second-order valence-corrected chi connectivity index (χ2v) is 10.5. The molecule has 33 heavy (non-hydrogen) atoms. The summed E-state index contributed by atoms with van der Waals surface area (Å²) >= 11 is 0. The van der Waals surface area contributed by atoms with Crippen LogP contribution >= 0.6 is 0 Å². The average molecular weight is 463 g/mol. The first-order chi connectivity index (χ1) is 15.9. The standard InChI is InChI=1S/C25H26N4O3S/c1-16-11-12-22-20(14-16)24(19-8-2-3-9-21(19)28-22)25(30)27-17-6-4-7-18(15-17)33(31,32)29-23-10-5-13-26-23/h2-4,6-9,15-16H,5,10-14H2,1H3,(H,26,29)(H,27,30)/t16-/m1/s1. The third kappa shape index (κ3) is 4.35. The first-order valence-electron chi connectivity index (χ1n) is 11.3. The molecule has 7 nitrogen and oxygen atoms in total. The Morgan fingerprint density at radius 2 is 1.94 bits per heavy atom. The van der Waals surface area contributed by atoms with Crippen molar-refractivity contribution in [2.75, 3.05) is 11.9 Å². The van der Waals surface area contributed by atoms with Crippen molar-refractivity contribution >= 4 is 38.4 Å². The van der Waals surface area contributed by atoms with Crippen molar-refractivity contribution in [3.8, 4) is 0 Å². The van der Waals surface area contributed by atoms with E-state index in [1.807, 2.05) is 24.3 Å². The van der Waals surface area contributed by atoms with Gasteiger partial charge in [-0.15, -0.1) is 0 Å². The monoisotopic (exact) mass is 462 g/mol. The van der Waals surface area contributed by atoms with Crippen molar-refractivity contribution in [3.63, 3.8) is 0 Å². The lowest BCUT2D eigenvalue weighted by molar-refractivity contribution is 0.102. The molecule has 1 atom stereocenters. The first kappa shape index (κ1) is 21.6. The van der Waals surface area contributed by atoms with Crippen LogP contribution in [0.2, 0.25) is 0 Å². The highest BCUT2D eigenvalue weighted by molar-refractivity contribution is 7.90. The van der Waals surface area contributed by atoms with Crippen molar-refractivity contribution in [3.05, 3.63) is 65.4 Å². The molecule has 1 aliphatic carbocycles. The SMILES string of the molecule is C[C@@H]1CCc2nc3ccccc3c(C(=O)Nc3cccc(S(=O)(=O)NC4=NCCC4)c3)c2C1. The van der Waals surface area contributed by atoms with Crippen LogP contribution in [0.5, 0.6) is 0 Å². The number of nitrogens with zero attached hydrogens (tertiary/aromatic N) is 2. The fourth-order valence-corrected chi connectivity index (χ4v) is 5.73. The lowest BCUT2D eigenvalue weighted by Gasteiger charge is -2.24. The Balaban J connectivity index is 1.48. The molecule has 1 aliphatic heterocycles. The fraction of sp³-hybridized carbons (Fsp3) is 0.320. The Morgan fingerprint density at radius 3 is 2.76 bits per heavy atom. The van der Waals surface area contributed by atoms with Crippen molar-refractivity contribution in [1.29, 1.82) is 0 Å². The molecule has 2 aliphatic rings. The summed E-state index contributed by atoms with van der Waals surface area (Å²) in [6.45, 7) is 2.83. The second kappa shape index (κ2) is 8.59. The Hall–Kier alpha value is -3.26. The fourth-order valence-electron chi connectivity index (χ4n) is 4.59. The van der Waals surface area contributed by atoms with E-state index in [2.05, 4.69) is 22.0 Å². The zero-order valence-electron chi connectivity index (χ0n) is 18.5. The van der Waals surface area contributed by atoms with E-state index in [0.29, 0.717) is 36.0 Å². The molecule has 2 aromatic carbocycles. The molecule has 8 heteroatoms. The van der Waals surface area contributed by atoms with Crippen molar-refractivity contribution in [2.24, 2.45) is 10.9 Å². The van der Waals surface area contributed by atoms with Gasteiger partial charge < -0.3 is 5.32 Å². The smallest absolute Gasteiger partial charge is 0.262 e. The van der Waals surface area contributed by atoms with E-state index in [1.54, 1.807) is 12.1 Å². The van der Waals surface area contributed by atoms with Crippen LogP contribution < -0.4 is 10.0 Å². The van der Waals surface area contributed by atoms with Gasteiger partial charge in [0.2, 0.25) is 0 Å². The highest BCUT2D eigenvalue weighted by Crippen LogP contribution is 2.32. The molecule has 0 saturated heterocycles. The molecule has 170 valence electrons. The van der Waals surface area contributed by atoms with Crippen LogP contribution in [0.15, 0.2) is 58.4 Å². The van der Waals surface area contributed by atoms with Crippen LogP contribution in [0.4, 0.5) is 5.69 Å². The van der Waals surface area contributed by atoms with Crippen LogP contribution in [-0.2, 0) is 22.9 Å². The average Bonchev–Trinajstić information content (AvgIpc) is 3.30. The molecule has 0 radical (unpaired) electrons. The van der Waals surface area contributed by atoms with Gasteiger partial charge in [-0.05, 0) is 61.4 Å². The number of hydrogen-bond acceptors (Lipinski definition) is 5. The number of carbonyl (C=O) groups is 1. The second-order valence-electron chi connectivity index (χ2n) is 8.80. The maximum Gasteiger partial charge on any atom is 0.262 e. The summed E-state index contributed by atoms with van der Waals surface area (Å²) in [7, 11) is -3.77. The Morgan fingerprint density at radius 1 is 1.09 bits per heavy atom. The van der Waals surface area contributed by atoms with Crippen LogP contribution in [0.3, 0.4) is 0 Å². The molecule has 0 unspecified atom stereocenters. The predicted octanol–water partition coefficient (Wildman–Crippen LogP) is 4.08. The number of pyridine rings is 1. The van der Waals surface area contributed by atoms with Gasteiger partial charge in [0.25, 0.3) is 15.9 Å². The minimum atomic E-state index is -3.77. The lowest BCUT2D eigenvalue weighted by atomic mass is 9.84. The Bertz CT molecular complexity index is 1380. The molecule has 0 spiro atoms. The summed E-state index contributed by atoms with van der Waals surface area (Å²) in [5, 5.41) is 3.74. The number of aryl methyl sites for hydroxylation is 1. The van der Waals surface area contributed by atoms with E-state index >= 15 is 0 Å². The molecule has 2 heterocycles. The summed E-state index contributed by atoms with van der Waals surface area (Å²) in [5.74, 6) is 0.708. The number of benzene rings is 2. The quantitative estimate of drug-likeness (QED) is 0.610. The molecular weight excluding hydrogens is 436 g/mol. The van der Waals surface area contributed by atoms with Crippen molar-refractivity contribution < 1.29 is 13.2 Å². The zero-order valence-corrected chi connectivity index (χ0v) is 19.3. The van der Waals surface area contributed by atoms with Crippen LogP contribution in [0.25, 0.3) is 10.9 Å². The van der Waals surface area contributed by atoms with Gasteiger partial charge in [0, 0.05) is 29.7 Å². The van der Waals surface area contributed by atoms with Gasteiger partial charge in [0.05, 0.1) is 16.0 Å². The number of aromatic nitrogens is 1. The van der Waals surface area contributed by atoms with E-state index in [1.165, 1.54) is 12.1 Å². The van der Waals surface area contributed by atoms with Gasteiger partial charge in [0.1, 0.15) is 5.84 Å². The summed E-state index contributed by atoms with van der Waals surface area (Å²) in [4.78, 5) is 22.6. The van der Waals surface area contributed by atoms with Gasteiger partial charge in [0.15, 0.2) is 0 Å². The maximum absolute atomic E-state index is 13.5. The highest BCUT2D eigenvalue weighted by atomic mass is 32.2. The normalized spacial score (nSPS) is 18.0. The number of amidine groups is 1. The molecule has 2 N–H and O–H groups in total. The van der Waals surface area contributed by atoms with Crippen molar-refractivity contribution in [2.45, 2.75) is 43.9 Å². The van der Waals surface area contributed by atoms with Gasteiger partial charge in [-0.3, -0.25) is 19.5 Å². The number of aliphatic imine (C=N–C) groups is 1. The Labute approximate surface area is 193 Å². The highest BCUT2D eigenvalue weighted by Gasteiger charge is 2.26. The summed E-state index contributed by atoms with van der Waals surface area (Å²) in [5.41, 5.74) is 3.84. The van der Waals surface area contributed by atoms with E-state index in [-0.39, 0.29) is 10.8 Å². The van der Waals surface area contributed by atoms with E-state index in [0.717, 1.165) is 47.8 Å². The third-order valence-electron chi connectivity index (χ3n) is 6.26. The topological polar surface area (TPSA) is 101 Å². The molecular formula is C25H26N4O3S. The van der Waals surface area contributed by atoms with Crippen molar-refractivity contribution in [1.82, 2.24) is 9.71 Å². The lowest BCUT2D eigenvalue weighted by Crippen LogP contribution is -2.29. The number of para-hydroxylation sites is 1. The molecule has 0 fully saturated rings. The number of rotatable bonds is 4. The van der Waals surface area contributed by atoms with Gasteiger partial charge in [-0.25, -0.2) is 8.42 Å². The third-order valence-corrected chi connectivity index (χ3v) is 7.64. The largest absolute Gasteiger partial charge is 0.322 e. The number of fused-ring (bicyclic) bond motifs is 2. The number of carbonyl (C=O) groups excluding carboxylic acids is 1. The molecule has 0 saturated carbocycles. The summed E-state index contributed by atoms with van der Waals surface area (Å²) in [6.07, 6.45) is 4.17. The number of sulfonamides is 1. The van der Waals surface area contributed by atoms with Crippen LogP contribution in [0.1, 0.15) is 47.8 Å². The number of nitrogens with one attached hydrogen (secondary N) is 2. The van der Waals surface area contributed by atoms with E-state index in [9.17, 15) is 13.2 Å². The summed E-state index contributed by atoms with van der Waals surface area (Å²) < 4.78 is 28.1. The minimum absolute atomic E-state index is 0.0881. The molecule has 3 aromatic rings. The predicted molar refractivity (Wildman–Crippen MR) is 129 cm³/mol. The van der Waals surface area contributed by atoms with Gasteiger partial charge >= 0.3 is 0 Å². The van der Waals surface area contributed by atoms with Gasteiger partial charge in [-0.2, -0.15) is 0 Å². The van der Waals surface area contributed by atoms with Gasteiger partial charge in [-0.1, -0.05) is 31.2 Å². The number of anilines is 1. The van der Waals surface area contributed by atoms with Crippen LogP contribution in [0, 0.1) is 5.92 Å². The maximum atomic E-state index is 13.5. The molecule has 1 aromatic heterocycles. The Kier molecular flexibility index (Phi) is 5.62. The number of amides is 1. The van der Waals surface area contributed by atoms with Crippen LogP contribution in [-0.4, -0.2) is 31.7 Å². The zero-order chi connectivity index (χ0) is 23.0. The molecule has 5 rings (SSSR count). The molecule has 1 amide bonds. The number of hydrogen-bond donors (Lipinski definition) is 2. The molecule has 0 bridgehead atoms.